The normalized spacial score (nSPS) is 18.1. The number of hydrogen-bond acceptors (Lipinski definition) is 5. The number of rotatable bonds is 6. The van der Waals surface area contributed by atoms with E-state index in [-0.39, 0.29) is 5.56 Å². The lowest BCUT2D eigenvalue weighted by Gasteiger charge is -2.33. The van der Waals surface area contributed by atoms with Gasteiger partial charge in [0.15, 0.2) is 0 Å². The third-order valence-electron chi connectivity index (χ3n) is 6.76. The van der Waals surface area contributed by atoms with E-state index in [4.69, 9.17) is 19.6 Å². The van der Waals surface area contributed by atoms with Gasteiger partial charge in [0.2, 0.25) is 0 Å². The fourth-order valence-corrected chi connectivity index (χ4v) is 5.15. The van der Waals surface area contributed by atoms with Gasteiger partial charge in [-0.05, 0) is 74.4 Å². The Morgan fingerprint density at radius 1 is 1.13 bits per heavy atom. The van der Waals surface area contributed by atoms with Crippen molar-refractivity contribution in [1.29, 1.82) is 0 Å². The summed E-state index contributed by atoms with van der Waals surface area (Å²) >= 11 is 3.51. The minimum Gasteiger partial charge on any atom is -0.496 e. The molecule has 1 unspecified atom stereocenters. The smallest absolute Gasteiger partial charge is 0.490 e. The summed E-state index contributed by atoms with van der Waals surface area (Å²) in [5.41, 5.74) is 1.59. The Bertz CT molecular complexity index is 1360. The molecule has 2 aliphatic rings. The fourth-order valence-electron chi connectivity index (χ4n) is 4.79. The van der Waals surface area contributed by atoms with E-state index in [9.17, 15) is 18.0 Å². The molecule has 0 radical (unpaired) electrons. The maximum absolute atomic E-state index is 13.7. The monoisotopic (exact) mass is 595 g/mol. The Labute approximate surface area is 226 Å². The highest BCUT2D eigenvalue weighted by Gasteiger charge is 2.38. The molecule has 2 aromatic carbocycles. The van der Waals surface area contributed by atoms with Gasteiger partial charge in [0, 0.05) is 24.1 Å². The van der Waals surface area contributed by atoms with Crippen LogP contribution in [-0.2, 0) is 11.3 Å². The van der Waals surface area contributed by atoms with Crippen molar-refractivity contribution in [1.82, 2.24) is 14.5 Å². The number of halogens is 4. The van der Waals surface area contributed by atoms with Gasteiger partial charge in [-0.25, -0.2) is 9.78 Å². The number of carbonyl (C=O) groups is 1. The summed E-state index contributed by atoms with van der Waals surface area (Å²) in [6.45, 7) is 4.14. The molecule has 0 amide bonds. The summed E-state index contributed by atoms with van der Waals surface area (Å²) in [5.74, 6) is 0.0121. The molecule has 0 bridgehead atoms. The number of carboxylic acid groups (broad SMARTS) is 1. The van der Waals surface area contributed by atoms with Crippen LogP contribution in [0.2, 0.25) is 0 Å². The molecule has 38 heavy (non-hydrogen) atoms. The SMILES string of the molecule is COc1ccccc1-c1nc2ccc(Br)cc2c(=O)n1CC1CCCN(CC2CC2)C1.O=C(O)C(F)(F)F. The van der Waals surface area contributed by atoms with E-state index in [1.807, 2.05) is 47.0 Å². The number of hydrogen-bond donors (Lipinski definition) is 1. The summed E-state index contributed by atoms with van der Waals surface area (Å²) in [5, 5.41) is 7.78. The Hall–Kier alpha value is -2.92. The molecule has 0 spiro atoms. The van der Waals surface area contributed by atoms with Gasteiger partial charge in [0.1, 0.15) is 11.6 Å². The number of aliphatic carboxylic acids is 1. The first-order chi connectivity index (χ1) is 18.1. The number of aromatic nitrogens is 2. The van der Waals surface area contributed by atoms with Crippen molar-refractivity contribution in [3.63, 3.8) is 0 Å². The number of fused-ring (bicyclic) bond motifs is 1. The summed E-state index contributed by atoms with van der Waals surface area (Å²) in [4.78, 5) is 30.1. The maximum Gasteiger partial charge on any atom is 0.490 e. The second kappa shape index (κ2) is 11.9. The molecule has 3 aromatic rings. The first-order valence-corrected chi connectivity index (χ1v) is 13.2. The number of ether oxygens (including phenoxy) is 1. The largest absolute Gasteiger partial charge is 0.496 e. The summed E-state index contributed by atoms with van der Waals surface area (Å²) in [6.07, 6.45) is 0.0161. The zero-order valence-electron chi connectivity index (χ0n) is 20.9. The maximum atomic E-state index is 13.7. The Morgan fingerprint density at radius 2 is 1.84 bits per heavy atom. The Balaban J connectivity index is 0.000000426. The van der Waals surface area contributed by atoms with Crippen molar-refractivity contribution >= 4 is 32.8 Å². The number of likely N-dealkylation sites (tertiary alicyclic amines) is 1. The third kappa shape index (κ3) is 6.93. The number of methoxy groups -OCH3 is 1. The number of carboxylic acids is 1. The second-order valence-corrected chi connectivity index (χ2v) is 10.6. The van der Waals surface area contributed by atoms with E-state index in [0.29, 0.717) is 29.2 Å². The third-order valence-corrected chi connectivity index (χ3v) is 7.26. The van der Waals surface area contributed by atoms with Gasteiger partial charge < -0.3 is 14.7 Å². The molecule has 11 heteroatoms. The lowest BCUT2D eigenvalue weighted by molar-refractivity contribution is -0.192. The summed E-state index contributed by atoms with van der Waals surface area (Å²) in [7, 11) is 1.66. The summed E-state index contributed by atoms with van der Waals surface area (Å²) in [6, 6.07) is 13.5. The molecule has 5 rings (SSSR count). The van der Waals surface area contributed by atoms with Gasteiger partial charge in [0.05, 0.1) is 23.6 Å². The lowest BCUT2D eigenvalue weighted by Crippen LogP contribution is -2.39. The quantitative estimate of drug-likeness (QED) is 0.400. The average Bonchev–Trinajstić information content (AvgIpc) is 3.70. The van der Waals surface area contributed by atoms with E-state index >= 15 is 0 Å². The first kappa shape index (κ1) is 28.1. The van der Waals surface area contributed by atoms with Crippen LogP contribution in [0.3, 0.4) is 0 Å². The number of piperidine rings is 1. The lowest BCUT2D eigenvalue weighted by atomic mass is 9.97. The van der Waals surface area contributed by atoms with Crippen molar-refractivity contribution in [3.8, 4) is 17.1 Å². The predicted octanol–water partition coefficient (Wildman–Crippen LogP) is 5.59. The first-order valence-electron chi connectivity index (χ1n) is 12.4. The highest BCUT2D eigenvalue weighted by molar-refractivity contribution is 9.10. The molecule has 204 valence electrons. The number of nitrogens with zero attached hydrogens (tertiary/aromatic N) is 3. The molecular weight excluding hydrogens is 567 g/mol. The van der Waals surface area contributed by atoms with E-state index in [1.165, 1.54) is 32.4 Å². The van der Waals surface area contributed by atoms with Gasteiger partial charge in [-0.15, -0.1) is 0 Å². The average molecular weight is 596 g/mol. The standard InChI is InChI=1S/C25H28BrN3O2.C2HF3O2/c1-31-23-7-3-2-6-20(23)24-27-22-11-10-19(26)13-21(22)25(30)29(24)16-18-5-4-12-28(15-18)14-17-8-9-17;3-2(4,5)1(6)7/h2-3,6-7,10-11,13,17-18H,4-5,8-9,12,14-16H2,1H3;(H,6,7). The highest BCUT2D eigenvalue weighted by Crippen LogP contribution is 2.33. The van der Waals surface area contributed by atoms with Crippen molar-refractivity contribution in [2.45, 2.75) is 38.4 Å². The molecule has 1 saturated heterocycles. The highest BCUT2D eigenvalue weighted by atomic mass is 79.9. The molecule has 1 aromatic heterocycles. The van der Waals surface area contributed by atoms with Crippen molar-refractivity contribution < 1.29 is 27.8 Å². The van der Waals surface area contributed by atoms with E-state index in [1.54, 1.807) is 7.11 Å². The van der Waals surface area contributed by atoms with Crippen LogP contribution in [0.15, 0.2) is 51.7 Å². The molecule has 2 heterocycles. The molecule has 1 atom stereocenters. The van der Waals surface area contributed by atoms with Crippen LogP contribution in [0.5, 0.6) is 5.75 Å². The van der Waals surface area contributed by atoms with Crippen LogP contribution in [0.4, 0.5) is 13.2 Å². The molecule has 1 aliphatic carbocycles. The predicted molar refractivity (Wildman–Crippen MR) is 141 cm³/mol. The molecule has 1 N–H and O–H groups in total. The molecule has 1 aliphatic heterocycles. The molecular formula is C27H29BrF3N3O4. The summed E-state index contributed by atoms with van der Waals surface area (Å²) < 4.78 is 40.1. The number of benzene rings is 2. The zero-order valence-corrected chi connectivity index (χ0v) is 22.5. The van der Waals surface area contributed by atoms with Crippen LogP contribution in [0, 0.1) is 11.8 Å². The van der Waals surface area contributed by atoms with Crippen LogP contribution < -0.4 is 10.3 Å². The Morgan fingerprint density at radius 3 is 2.50 bits per heavy atom. The van der Waals surface area contributed by atoms with Gasteiger partial charge >= 0.3 is 12.1 Å². The minimum absolute atomic E-state index is 0.0199. The van der Waals surface area contributed by atoms with Crippen LogP contribution in [0.1, 0.15) is 25.7 Å². The van der Waals surface area contributed by atoms with Crippen molar-refractivity contribution in [3.05, 3.63) is 57.3 Å². The molecule has 2 fully saturated rings. The second-order valence-electron chi connectivity index (χ2n) is 9.73. The number of para-hydroxylation sites is 1. The van der Waals surface area contributed by atoms with Crippen molar-refractivity contribution in [2.75, 3.05) is 26.7 Å². The minimum atomic E-state index is -5.08. The molecule has 7 nitrogen and oxygen atoms in total. The number of alkyl halides is 3. The van der Waals surface area contributed by atoms with Gasteiger partial charge in [-0.2, -0.15) is 13.2 Å². The topological polar surface area (TPSA) is 84.7 Å². The van der Waals surface area contributed by atoms with Gasteiger partial charge in [0.25, 0.3) is 5.56 Å². The van der Waals surface area contributed by atoms with Gasteiger partial charge in [-0.3, -0.25) is 9.36 Å². The van der Waals surface area contributed by atoms with Gasteiger partial charge in [-0.1, -0.05) is 28.1 Å². The van der Waals surface area contributed by atoms with E-state index in [0.717, 1.165) is 34.7 Å². The molecule has 1 saturated carbocycles. The van der Waals surface area contributed by atoms with Crippen molar-refractivity contribution in [2.24, 2.45) is 11.8 Å². The van der Waals surface area contributed by atoms with E-state index in [2.05, 4.69) is 20.8 Å². The van der Waals surface area contributed by atoms with E-state index < -0.39 is 12.1 Å². The Kier molecular flexibility index (Phi) is 8.77. The fraction of sp³-hybridized carbons (Fsp3) is 0.444. The van der Waals surface area contributed by atoms with Crippen LogP contribution in [-0.4, -0.2) is 58.4 Å². The van der Waals surface area contributed by atoms with Crippen LogP contribution >= 0.6 is 15.9 Å². The van der Waals surface area contributed by atoms with Crippen LogP contribution in [0.25, 0.3) is 22.3 Å². The zero-order chi connectivity index (χ0) is 27.4.